The van der Waals surface area contributed by atoms with Crippen molar-refractivity contribution in [3.05, 3.63) is 0 Å². The monoisotopic (exact) mass is 310 g/mol. The molecule has 0 aliphatic heterocycles. The Kier molecular flexibility index (Phi) is 13.3. The SMILES string of the molecule is CCCCCCC(CC)C(Br)(CC)CC.P. The molecule has 2 unspecified atom stereocenters. The van der Waals surface area contributed by atoms with Gasteiger partial charge in [-0.05, 0) is 25.2 Å². The molecule has 0 fully saturated rings. The highest BCUT2D eigenvalue weighted by Crippen LogP contribution is 2.39. The second-order valence-electron chi connectivity index (χ2n) is 4.70. The van der Waals surface area contributed by atoms with Gasteiger partial charge in [0.1, 0.15) is 0 Å². The van der Waals surface area contributed by atoms with Gasteiger partial charge in [0, 0.05) is 4.32 Å². The summed E-state index contributed by atoms with van der Waals surface area (Å²) in [5.74, 6) is 0.865. The zero-order valence-corrected chi connectivity index (χ0v) is 14.8. The molecule has 0 heterocycles. The van der Waals surface area contributed by atoms with E-state index < -0.39 is 0 Å². The molecule has 2 heteroatoms. The van der Waals surface area contributed by atoms with Crippen LogP contribution < -0.4 is 0 Å². The molecule has 16 heavy (non-hydrogen) atoms. The summed E-state index contributed by atoms with van der Waals surface area (Å²) in [6.07, 6.45) is 10.8. The Balaban J connectivity index is 0. The Hall–Kier alpha value is 0.910. The largest absolute Gasteiger partial charge is 0.153 e. The highest BCUT2D eigenvalue weighted by atomic mass is 79.9. The Labute approximate surface area is 115 Å². The Morgan fingerprint density at radius 3 is 1.88 bits per heavy atom. The second kappa shape index (κ2) is 11.0. The van der Waals surface area contributed by atoms with E-state index in [1.165, 1.54) is 51.4 Å². The van der Waals surface area contributed by atoms with Crippen LogP contribution >= 0.6 is 25.8 Å². The highest BCUT2D eigenvalue weighted by molar-refractivity contribution is 9.10. The van der Waals surface area contributed by atoms with Crippen molar-refractivity contribution in [1.82, 2.24) is 0 Å². The maximum Gasteiger partial charge on any atom is 0.0280 e. The smallest absolute Gasteiger partial charge is 0.0280 e. The Bertz CT molecular complexity index is 144. The number of unbranched alkanes of at least 4 members (excludes halogenated alkanes) is 3. The maximum absolute atomic E-state index is 3.98. The van der Waals surface area contributed by atoms with Crippen molar-refractivity contribution in [2.45, 2.75) is 83.4 Å². The van der Waals surface area contributed by atoms with Crippen molar-refractivity contribution in [1.29, 1.82) is 0 Å². The summed E-state index contributed by atoms with van der Waals surface area (Å²) in [7, 11) is 0. The molecule has 0 nitrogen and oxygen atoms in total. The fourth-order valence-electron chi connectivity index (χ4n) is 2.47. The molecular weight excluding hydrogens is 279 g/mol. The van der Waals surface area contributed by atoms with Gasteiger partial charge >= 0.3 is 0 Å². The normalized spacial score (nSPS) is 13.3. The molecule has 0 bridgehead atoms. The summed E-state index contributed by atoms with van der Waals surface area (Å²) in [5, 5.41) is 0. The van der Waals surface area contributed by atoms with Crippen LogP contribution in [0.2, 0.25) is 0 Å². The van der Waals surface area contributed by atoms with Crippen molar-refractivity contribution < 1.29 is 0 Å². The minimum Gasteiger partial charge on any atom is -0.153 e. The lowest BCUT2D eigenvalue weighted by Gasteiger charge is -2.34. The van der Waals surface area contributed by atoms with Gasteiger partial charge in [0.25, 0.3) is 0 Å². The lowest BCUT2D eigenvalue weighted by atomic mass is 9.82. The minimum atomic E-state index is 0. The molecule has 0 aliphatic carbocycles. The molecule has 100 valence electrons. The van der Waals surface area contributed by atoms with E-state index in [1.54, 1.807) is 0 Å². The number of halogens is 1. The van der Waals surface area contributed by atoms with E-state index in [4.69, 9.17) is 0 Å². The predicted molar refractivity (Wildman–Crippen MR) is 85.9 cm³/mol. The first-order chi connectivity index (χ1) is 7.14. The summed E-state index contributed by atoms with van der Waals surface area (Å²) in [6.45, 7) is 9.25. The average molecular weight is 311 g/mol. The number of hydrogen-bond donors (Lipinski definition) is 0. The molecule has 0 aliphatic rings. The number of hydrogen-bond acceptors (Lipinski definition) is 0. The zero-order chi connectivity index (χ0) is 11.7. The highest BCUT2D eigenvalue weighted by Gasteiger charge is 2.30. The molecule has 0 spiro atoms. The van der Waals surface area contributed by atoms with Gasteiger partial charge in [-0.2, -0.15) is 9.90 Å². The lowest BCUT2D eigenvalue weighted by molar-refractivity contribution is 0.321. The van der Waals surface area contributed by atoms with Crippen molar-refractivity contribution >= 4 is 25.8 Å². The van der Waals surface area contributed by atoms with Crippen LogP contribution in [0.1, 0.15) is 79.1 Å². The van der Waals surface area contributed by atoms with Crippen LogP contribution in [0.3, 0.4) is 0 Å². The molecule has 0 rings (SSSR count). The van der Waals surface area contributed by atoms with Gasteiger partial charge in [-0.3, -0.25) is 0 Å². The van der Waals surface area contributed by atoms with E-state index in [0.29, 0.717) is 4.32 Å². The van der Waals surface area contributed by atoms with Gasteiger partial charge in [-0.25, -0.2) is 0 Å². The summed E-state index contributed by atoms with van der Waals surface area (Å²) < 4.78 is 0.411. The van der Waals surface area contributed by atoms with Gasteiger partial charge in [0.15, 0.2) is 0 Å². The first-order valence-corrected chi connectivity index (χ1v) is 7.62. The van der Waals surface area contributed by atoms with Crippen LogP contribution in [0.5, 0.6) is 0 Å². The molecule has 0 aromatic rings. The number of alkyl halides is 1. The van der Waals surface area contributed by atoms with Gasteiger partial charge in [-0.15, -0.1) is 0 Å². The van der Waals surface area contributed by atoms with E-state index in [9.17, 15) is 0 Å². The first-order valence-electron chi connectivity index (χ1n) is 6.83. The molecule has 0 aromatic carbocycles. The van der Waals surface area contributed by atoms with E-state index in [1.807, 2.05) is 0 Å². The molecule has 0 saturated heterocycles. The van der Waals surface area contributed by atoms with Gasteiger partial charge < -0.3 is 0 Å². The molecule has 0 amide bonds. The number of rotatable bonds is 9. The van der Waals surface area contributed by atoms with Crippen molar-refractivity contribution in [3.63, 3.8) is 0 Å². The predicted octanol–water partition coefficient (Wildman–Crippen LogP) is 5.99. The van der Waals surface area contributed by atoms with Crippen LogP contribution in [-0.4, -0.2) is 4.32 Å². The Morgan fingerprint density at radius 2 is 1.50 bits per heavy atom. The molecule has 0 radical (unpaired) electrons. The third kappa shape index (κ3) is 6.60. The molecule has 0 saturated carbocycles. The third-order valence-electron chi connectivity index (χ3n) is 3.81. The Morgan fingerprint density at radius 1 is 0.938 bits per heavy atom. The topological polar surface area (TPSA) is 0 Å². The van der Waals surface area contributed by atoms with Crippen molar-refractivity contribution in [2.24, 2.45) is 5.92 Å². The standard InChI is InChI=1S/C14H29Br.H3P/c1-5-9-10-11-12-13(6-2)14(15,7-3)8-4;/h13H,5-12H2,1-4H3;1H3. The van der Waals surface area contributed by atoms with Crippen LogP contribution in [0, 0.1) is 5.92 Å². The van der Waals surface area contributed by atoms with Crippen LogP contribution in [0.25, 0.3) is 0 Å². The lowest BCUT2D eigenvalue weighted by Crippen LogP contribution is -2.29. The van der Waals surface area contributed by atoms with Crippen LogP contribution in [0.15, 0.2) is 0 Å². The maximum atomic E-state index is 3.98. The van der Waals surface area contributed by atoms with E-state index in [2.05, 4.69) is 43.6 Å². The molecule has 0 N–H and O–H groups in total. The summed E-state index contributed by atoms with van der Waals surface area (Å²) >= 11 is 3.98. The molecule has 2 atom stereocenters. The second-order valence-corrected chi connectivity index (χ2v) is 6.28. The first kappa shape index (κ1) is 19.3. The quantitative estimate of drug-likeness (QED) is 0.278. The fourth-order valence-corrected chi connectivity index (χ4v) is 3.03. The molecular formula is C14H32BrP. The van der Waals surface area contributed by atoms with Gasteiger partial charge in [-0.1, -0.05) is 75.7 Å². The average Bonchev–Trinajstić information content (AvgIpc) is 2.28. The van der Waals surface area contributed by atoms with Crippen molar-refractivity contribution in [2.75, 3.05) is 0 Å². The fraction of sp³-hybridized carbons (Fsp3) is 1.00. The summed E-state index contributed by atoms with van der Waals surface area (Å²) in [4.78, 5) is 0. The minimum absolute atomic E-state index is 0. The van der Waals surface area contributed by atoms with Crippen LogP contribution in [0.4, 0.5) is 0 Å². The van der Waals surface area contributed by atoms with Crippen LogP contribution in [-0.2, 0) is 0 Å². The third-order valence-corrected chi connectivity index (χ3v) is 5.58. The zero-order valence-electron chi connectivity index (χ0n) is 11.8. The van der Waals surface area contributed by atoms with Gasteiger partial charge in [0.05, 0.1) is 0 Å². The van der Waals surface area contributed by atoms with E-state index >= 15 is 0 Å². The van der Waals surface area contributed by atoms with E-state index in [-0.39, 0.29) is 9.90 Å². The summed E-state index contributed by atoms with van der Waals surface area (Å²) in [5.41, 5.74) is 0. The van der Waals surface area contributed by atoms with E-state index in [0.717, 1.165) is 5.92 Å². The van der Waals surface area contributed by atoms with Gasteiger partial charge in [0.2, 0.25) is 0 Å². The molecule has 0 aromatic heterocycles. The van der Waals surface area contributed by atoms with Crippen molar-refractivity contribution in [3.8, 4) is 0 Å². The summed E-state index contributed by atoms with van der Waals surface area (Å²) in [6, 6.07) is 0.